The number of hydrogen-bond acceptors (Lipinski definition) is 5. The summed E-state index contributed by atoms with van der Waals surface area (Å²) in [6, 6.07) is 19.6. The van der Waals surface area contributed by atoms with Gasteiger partial charge in [-0.1, -0.05) is 24.3 Å². The van der Waals surface area contributed by atoms with Gasteiger partial charge < -0.3 is 19.3 Å². The maximum atomic E-state index is 12.4. The molecule has 0 radical (unpaired) electrons. The van der Waals surface area contributed by atoms with E-state index in [1.807, 2.05) is 48.5 Å². The molecule has 0 aromatic heterocycles. The maximum absolute atomic E-state index is 12.4. The van der Waals surface area contributed by atoms with Crippen molar-refractivity contribution in [3.63, 3.8) is 0 Å². The third-order valence-electron chi connectivity index (χ3n) is 4.37. The number of aromatic hydroxyl groups is 1. The van der Waals surface area contributed by atoms with Crippen LogP contribution in [-0.4, -0.2) is 18.0 Å². The van der Waals surface area contributed by atoms with E-state index < -0.39 is 0 Å². The van der Waals surface area contributed by atoms with Crippen LogP contribution >= 0.6 is 0 Å². The van der Waals surface area contributed by atoms with E-state index in [0.29, 0.717) is 17.9 Å². The van der Waals surface area contributed by atoms with Crippen molar-refractivity contribution in [1.29, 1.82) is 0 Å². The summed E-state index contributed by atoms with van der Waals surface area (Å²) < 4.78 is 16.6. The molecule has 1 N–H and O–H groups in total. The minimum absolute atomic E-state index is 0.0605. The molecule has 0 unspecified atom stereocenters. The van der Waals surface area contributed by atoms with Crippen molar-refractivity contribution >= 4 is 11.9 Å². The minimum atomic E-state index is -0.201. The first kappa shape index (κ1) is 17.7. The molecule has 0 spiro atoms. The summed E-state index contributed by atoms with van der Waals surface area (Å²) in [7, 11) is 1.63. The van der Waals surface area contributed by atoms with Gasteiger partial charge in [0.25, 0.3) is 0 Å². The van der Waals surface area contributed by atoms with Gasteiger partial charge in [0.2, 0.25) is 5.78 Å². The number of phenolic OH excluding ortho intramolecular Hbond substituents is 1. The van der Waals surface area contributed by atoms with Crippen molar-refractivity contribution in [1.82, 2.24) is 0 Å². The van der Waals surface area contributed by atoms with Gasteiger partial charge in [-0.05, 0) is 53.6 Å². The van der Waals surface area contributed by atoms with Crippen molar-refractivity contribution in [2.24, 2.45) is 0 Å². The number of hydrogen-bond donors (Lipinski definition) is 1. The Kier molecular flexibility index (Phi) is 4.72. The number of ether oxygens (including phenoxy) is 3. The highest BCUT2D eigenvalue weighted by atomic mass is 16.5. The van der Waals surface area contributed by atoms with Crippen LogP contribution in [0.3, 0.4) is 0 Å². The van der Waals surface area contributed by atoms with Crippen molar-refractivity contribution in [2.75, 3.05) is 7.11 Å². The van der Waals surface area contributed by atoms with E-state index in [9.17, 15) is 9.90 Å². The van der Waals surface area contributed by atoms with Crippen LogP contribution in [0.25, 0.3) is 6.08 Å². The predicted octanol–water partition coefficient (Wildman–Crippen LogP) is 4.60. The van der Waals surface area contributed by atoms with Gasteiger partial charge in [0, 0.05) is 6.07 Å². The van der Waals surface area contributed by atoms with E-state index in [4.69, 9.17) is 14.2 Å². The second-order valence-corrected chi connectivity index (χ2v) is 6.33. The summed E-state index contributed by atoms with van der Waals surface area (Å²) in [4.78, 5) is 12.4. The topological polar surface area (TPSA) is 65.0 Å². The quantitative estimate of drug-likeness (QED) is 0.662. The molecule has 0 saturated heterocycles. The Morgan fingerprint density at radius 2 is 1.82 bits per heavy atom. The van der Waals surface area contributed by atoms with E-state index >= 15 is 0 Å². The number of allylic oxidation sites excluding steroid dienone is 1. The molecule has 0 fully saturated rings. The van der Waals surface area contributed by atoms with Gasteiger partial charge in [-0.2, -0.15) is 0 Å². The van der Waals surface area contributed by atoms with Crippen LogP contribution < -0.4 is 14.2 Å². The largest absolute Gasteiger partial charge is 0.508 e. The zero-order chi connectivity index (χ0) is 19.5. The highest BCUT2D eigenvalue weighted by Crippen LogP contribution is 2.34. The Morgan fingerprint density at radius 1 is 1.00 bits per heavy atom. The summed E-state index contributed by atoms with van der Waals surface area (Å²) in [5.74, 6) is 1.97. The lowest BCUT2D eigenvalue weighted by Gasteiger charge is -2.08. The zero-order valence-electron chi connectivity index (χ0n) is 15.2. The number of ketones is 1. The van der Waals surface area contributed by atoms with Crippen molar-refractivity contribution in [3.8, 4) is 23.0 Å². The van der Waals surface area contributed by atoms with Gasteiger partial charge in [-0.25, -0.2) is 0 Å². The van der Waals surface area contributed by atoms with E-state index in [2.05, 4.69) is 0 Å². The number of carbonyl (C=O) groups is 1. The van der Waals surface area contributed by atoms with Crippen LogP contribution in [0.4, 0.5) is 0 Å². The lowest BCUT2D eigenvalue weighted by molar-refractivity contribution is 0.101. The molecular weight excluding hydrogens is 356 g/mol. The third-order valence-corrected chi connectivity index (χ3v) is 4.37. The Labute approximate surface area is 162 Å². The standard InChI is InChI=1S/C23H18O5/c1-26-19-4-2-3-16(11-19)14-27-18-8-5-15(6-9-18)12-22-23(25)20-10-7-17(24)13-21(20)28-22/h2-13,24H,14H2,1H3/b22-12-. The van der Waals surface area contributed by atoms with Gasteiger partial charge >= 0.3 is 0 Å². The highest BCUT2D eigenvalue weighted by molar-refractivity contribution is 6.14. The summed E-state index contributed by atoms with van der Waals surface area (Å²) in [5.41, 5.74) is 2.27. The molecular formula is C23H18O5. The number of phenols is 1. The first-order valence-corrected chi connectivity index (χ1v) is 8.75. The molecule has 4 rings (SSSR count). The van der Waals surface area contributed by atoms with Crippen molar-refractivity contribution in [3.05, 3.63) is 89.2 Å². The number of benzene rings is 3. The molecule has 1 aliphatic rings. The van der Waals surface area contributed by atoms with E-state index in [-0.39, 0.29) is 17.3 Å². The molecule has 0 atom stereocenters. The third kappa shape index (κ3) is 3.69. The molecule has 5 heteroatoms. The van der Waals surface area contributed by atoms with Gasteiger partial charge in [-0.15, -0.1) is 0 Å². The average molecular weight is 374 g/mol. The van der Waals surface area contributed by atoms with Crippen molar-refractivity contribution in [2.45, 2.75) is 6.61 Å². The molecule has 0 amide bonds. The molecule has 3 aromatic carbocycles. The lowest BCUT2D eigenvalue weighted by atomic mass is 10.1. The molecule has 5 nitrogen and oxygen atoms in total. The highest BCUT2D eigenvalue weighted by Gasteiger charge is 2.27. The van der Waals surface area contributed by atoms with Crippen molar-refractivity contribution < 1.29 is 24.1 Å². The molecule has 3 aromatic rings. The average Bonchev–Trinajstić information content (AvgIpc) is 3.02. The van der Waals surface area contributed by atoms with E-state index in [0.717, 1.165) is 22.6 Å². The van der Waals surface area contributed by atoms with E-state index in [1.165, 1.54) is 12.1 Å². The fourth-order valence-corrected chi connectivity index (χ4v) is 2.92. The smallest absolute Gasteiger partial charge is 0.231 e. The number of Topliss-reactive ketones (excluding diaryl/α,β-unsaturated/α-hetero) is 1. The molecule has 140 valence electrons. The summed E-state index contributed by atoms with van der Waals surface area (Å²) in [6.45, 7) is 0.429. The molecule has 0 aliphatic carbocycles. The first-order chi connectivity index (χ1) is 13.6. The summed E-state index contributed by atoms with van der Waals surface area (Å²) >= 11 is 0. The molecule has 0 bridgehead atoms. The van der Waals surface area contributed by atoms with E-state index in [1.54, 1.807) is 19.3 Å². The van der Waals surface area contributed by atoms with Gasteiger partial charge in [0.15, 0.2) is 5.76 Å². The second kappa shape index (κ2) is 7.48. The maximum Gasteiger partial charge on any atom is 0.231 e. The number of fused-ring (bicyclic) bond motifs is 1. The van der Waals surface area contributed by atoms with Crippen LogP contribution in [0.1, 0.15) is 21.5 Å². The van der Waals surface area contributed by atoms with Crippen LogP contribution in [0, 0.1) is 0 Å². The van der Waals surface area contributed by atoms with Gasteiger partial charge in [0.05, 0.1) is 12.7 Å². The Hall–Kier alpha value is -3.73. The van der Waals surface area contributed by atoms with Crippen LogP contribution in [0.15, 0.2) is 72.5 Å². The monoisotopic (exact) mass is 374 g/mol. The molecule has 28 heavy (non-hydrogen) atoms. The van der Waals surface area contributed by atoms with Gasteiger partial charge in [0.1, 0.15) is 29.6 Å². The normalized spacial score (nSPS) is 13.9. The summed E-state index contributed by atoms with van der Waals surface area (Å²) in [5, 5.41) is 9.52. The first-order valence-electron chi connectivity index (χ1n) is 8.75. The number of methoxy groups -OCH3 is 1. The zero-order valence-corrected chi connectivity index (χ0v) is 15.2. The van der Waals surface area contributed by atoms with Gasteiger partial charge in [-0.3, -0.25) is 4.79 Å². The fraction of sp³-hybridized carbons (Fsp3) is 0.0870. The van der Waals surface area contributed by atoms with Crippen LogP contribution in [-0.2, 0) is 6.61 Å². The SMILES string of the molecule is COc1cccc(COc2ccc(/C=C3\Oc4cc(O)ccc4C3=O)cc2)c1. The minimum Gasteiger partial charge on any atom is -0.508 e. The molecule has 0 saturated carbocycles. The molecule has 1 heterocycles. The molecule has 1 aliphatic heterocycles. The van der Waals surface area contributed by atoms with Crippen LogP contribution in [0.2, 0.25) is 0 Å². The van der Waals surface area contributed by atoms with Crippen LogP contribution in [0.5, 0.6) is 23.0 Å². The Morgan fingerprint density at radius 3 is 2.61 bits per heavy atom. The Balaban J connectivity index is 1.44. The summed E-state index contributed by atoms with van der Waals surface area (Å²) in [6.07, 6.45) is 1.67. The number of rotatable bonds is 5. The fourth-order valence-electron chi connectivity index (χ4n) is 2.92. The Bertz CT molecular complexity index is 1050. The second-order valence-electron chi connectivity index (χ2n) is 6.33. The lowest BCUT2D eigenvalue weighted by Crippen LogP contribution is -1.98. The number of carbonyl (C=O) groups excluding carboxylic acids is 1. The predicted molar refractivity (Wildman–Crippen MR) is 105 cm³/mol.